The molecule has 130 valence electrons. The van der Waals surface area contributed by atoms with Crippen molar-refractivity contribution in [2.45, 2.75) is 24.3 Å². The lowest BCUT2D eigenvalue weighted by molar-refractivity contribution is 0.627. The number of rotatable bonds is 5. The Morgan fingerprint density at radius 3 is 2.35 bits per heavy atom. The summed E-state index contributed by atoms with van der Waals surface area (Å²) in [7, 11) is 0. The molecule has 2 N–H and O–H groups in total. The molecule has 0 saturated carbocycles. The number of nitrogen functional groups attached to an aromatic ring is 1. The fourth-order valence-electron chi connectivity index (χ4n) is 2.45. The summed E-state index contributed by atoms with van der Waals surface area (Å²) in [5, 5.41) is 9.90. The average Bonchev–Trinajstić information content (AvgIpc) is 2.63. The Morgan fingerprint density at radius 1 is 1.04 bits per heavy atom. The molecule has 3 aromatic rings. The van der Waals surface area contributed by atoms with Gasteiger partial charge in [-0.1, -0.05) is 53.7 Å². The van der Waals surface area contributed by atoms with Gasteiger partial charge in [0.25, 0.3) is 0 Å². The molecule has 0 aliphatic rings. The lowest BCUT2D eigenvalue weighted by Crippen LogP contribution is -2.06. The average molecular weight is 364 g/mol. The maximum absolute atomic E-state index is 13.1. The number of nitriles is 1. The lowest BCUT2D eigenvalue weighted by atomic mass is 10.1. The molecule has 0 saturated heterocycles. The summed E-state index contributed by atoms with van der Waals surface area (Å²) in [6, 6.07) is 16.4. The van der Waals surface area contributed by atoms with Crippen molar-refractivity contribution in [2.24, 2.45) is 0 Å². The quantitative estimate of drug-likeness (QED) is 0.541. The van der Waals surface area contributed by atoms with Crippen LogP contribution in [0.2, 0.25) is 0 Å². The first-order chi connectivity index (χ1) is 12.5. The summed E-state index contributed by atoms with van der Waals surface area (Å²) in [6.07, 6.45) is 0.397. The number of aromatic nitrogens is 2. The van der Waals surface area contributed by atoms with Crippen molar-refractivity contribution >= 4 is 17.6 Å². The molecule has 0 aliphatic carbocycles. The topological polar surface area (TPSA) is 75.6 Å². The van der Waals surface area contributed by atoms with E-state index in [0.717, 1.165) is 11.1 Å². The standard InChI is InChI=1S/C20H17FN4S/c1-13-2-4-15(5-3-13)12-26-20-24-18(17(11-22)19(23)25-20)10-14-6-8-16(21)9-7-14/h2-9H,10,12H2,1H3,(H2,23,24,25). The normalized spacial score (nSPS) is 10.5. The van der Waals surface area contributed by atoms with E-state index in [2.05, 4.69) is 40.3 Å². The van der Waals surface area contributed by atoms with Crippen LogP contribution in [0.1, 0.15) is 27.9 Å². The van der Waals surface area contributed by atoms with Gasteiger partial charge in [-0.2, -0.15) is 5.26 Å². The molecule has 3 rings (SSSR count). The fourth-order valence-corrected chi connectivity index (χ4v) is 3.27. The number of halogens is 1. The Kier molecular flexibility index (Phi) is 5.49. The van der Waals surface area contributed by atoms with E-state index in [9.17, 15) is 9.65 Å². The van der Waals surface area contributed by atoms with Crippen molar-refractivity contribution < 1.29 is 4.39 Å². The Hall–Kier alpha value is -2.91. The van der Waals surface area contributed by atoms with Crippen molar-refractivity contribution in [1.29, 1.82) is 5.26 Å². The molecule has 6 heteroatoms. The predicted octanol–water partition coefficient (Wildman–Crippen LogP) is 4.26. The smallest absolute Gasteiger partial charge is 0.190 e. The van der Waals surface area contributed by atoms with Gasteiger partial charge in [-0.05, 0) is 30.2 Å². The summed E-state index contributed by atoms with van der Waals surface area (Å²) < 4.78 is 13.1. The van der Waals surface area contributed by atoms with Crippen molar-refractivity contribution in [2.75, 3.05) is 5.73 Å². The second-order valence-corrected chi connectivity index (χ2v) is 6.84. The summed E-state index contributed by atoms with van der Waals surface area (Å²) in [6.45, 7) is 2.04. The number of hydrogen-bond acceptors (Lipinski definition) is 5. The fraction of sp³-hybridized carbons (Fsp3) is 0.150. The summed E-state index contributed by atoms with van der Waals surface area (Å²) >= 11 is 1.47. The third kappa shape index (κ3) is 4.38. The third-order valence-corrected chi connectivity index (χ3v) is 4.80. The van der Waals surface area contributed by atoms with Crippen LogP contribution in [0.25, 0.3) is 0 Å². The minimum absolute atomic E-state index is 0.172. The van der Waals surface area contributed by atoms with Gasteiger partial charge in [-0.15, -0.1) is 0 Å². The van der Waals surface area contributed by atoms with E-state index in [1.165, 1.54) is 29.5 Å². The molecule has 2 aromatic carbocycles. The van der Waals surface area contributed by atoms with Gasteiger partial charge in [-0.25, -0.2) is 14.4 Å². The van der Waals surface area contributed by atoms with Gasteiger partial charge in [-0.3, -0.25) is 0 Å². The zero-order valence-electron chi connectivity index (χ0n) is 14.2. The van der Waals surface area contributed by atoms with Gasteiger partial charge < -0.3 is 5.73 Å². The number of aryl methyl sites for hydroxylation is 1. The highest BCUT2D eigenvalue weighted by atomic mass is 32.2. The molecule has 0 spiro atoms. The number of nitrogens with two attached hydrogens (primary N) is 1. The van der Waals surface area contributed by atoms with Gasteiger partial charge in [0.15, 0.2) is 5.16 Å². The summed E-state index contributed by atoms with van der Waals surface area (Å²) in [5.41, 5.74) is 10.0. The number of anilines is 1. The molecule has 0 radical (unpaired) electrons. The molecular formula is C20H17FN4S. The molecule has 0 bridgehead atoms. The molecule has 0 aliphatic heterocycles. The molecule has 0 amide bonds. The van der Waals surface area contributed by atoms with Crippen LogP contribution in [0.3, 0.4) is 0 Å². The Labute approximate surface area is 155 Å². The highest BCUT2D eigenvalue weighted by Gasteiger charge is 2.13. The minimum atomic E-state index is -0.300. The summed E-state index contributed by atoms with van der Waals surface area (Å²) in [5.74, 6) is 0.582. The van der Waals surface area contributed by atoms with E-state index in [1.54, 1.807) is 12.1 Å². The largest absolute Gasteiger partial charge is 0.382 e. The van der Waals surface area contributed by atoms with Crippen LogP contribution in [0.15, 0.2) is 53.7 Å². The van der Waals surface area contributed by atoms with Gasteiger partial charge in [0.1, 0.15) is 23.3 Å². The van der Waals surface area contributed by atoms with Gasteiger partial charge in [0.2, 0.25) is 0 Å². The first-order valence-corrected chi connectivity index (χ1v) is 9.03. The number of hydrogen-bond donors (Lipinski definition) is 1. The van der Waals surface area contributed by atoms with E-state index >= 15 is 0 Å². The Bertz CT molecular complexity index is 947. The number of nitrogens with zero attached hydrogens (tertiary/aromatic N) is 3. The maximum Gasteiger partial charge on any atom is 0.190 e. The first kappa shape index (κ1) is 17.9. The van der Waals surface area contributed by atoms with Crippen molar-refractivity contribution in [3.05, 3.63) is 82.3 Å². The zero-order chi connectivity index (χ0) is 18.5. The third-order valence-electron chi connectivity index (χ3n) is 3.88. The van der Waals surface area contributed by atoms with Crippen LogP contribution in [-0.4, -0.2) is 9.97 Å². The monoisotopic (exact) mass is 364 g/mol. The van der Waals surface area contributed by atoms with Gasteiger partial charge >= 0.3 is 0 Å². The van der Waals surface area contributed by atoms with E-state index in [4.69, 9.17) is 5.73 Å². The van der Waals surface area contributed by atoms with Crippen LogP contribution >= 0.6 is 11.8 Å². The lowest BCUT2D eigenvalue weighted by Gasteiger charge is -2.09. The van der Waals surface area contributed by atoms with E-state index < -0.39 is 0 Å². The summed E-state index contributed by atoms with van der Waals surface area (Å²) in [4.78, 5) is 8.75. The molecule has 1 aromatic heterocycles. The maximum atomic E-state index is 13.1. The second kappa shape index (κ2) is 7.98. The molecule has 26 heavy (non-hydrogen) atoms. The molecule has 0 atom stereocenters. The van der Waals surface area contributed by atoms with Crippen LogP contribution in [-0.2, 0) is 12.2 Å². The van der Waals surface area contributed by atoms with Crippen molar-refractivity contribution in [1.82, 2.24) is 9.97 Å². The highest BCUT2D eigenvalue weighted by Crippen LogP contribution is 2.24. The number of thioether (sulfide) groups is 1. The van der Waals surface area contributed by atoms with E-state index in [1.807, 2.05) is 6.92 Å². The highest BCUT2D eigenvalue weighted by molar-refractivity contribution is 7.98. The van der Waals surface area contributed by atoms with Crippen LogP contribution in [0.4, 0.5) is 10.2 Å². The first-order valence-electron chi connectivity index (χ1n) is 8.04. The molecule has 1 heterocycles. The Morgan fingerprint density at radius 2 is 1.69 bits per heavy atom. The van der Waals surface area contributed by atoms with Crippen LogP contribution < -0.4 is 5.73 Å². The SMILES string of the molecule is Cc1ccc(CSc2nc(N)c(C#N)c(Cc3ccc(F)cc3)n2)cc1. The van der Waals surface area contributed by atoms with Crippen LogP contribution in [0, 0.1) is 24.1 Å². The van der Waals surface area contributed by atoms with E-state index in [-0.39, 0.29) is 17.2 Å². The minimum Gasteiger partial charge on any atom is -0.382 e. The number of benzene rings is 2. The van der Waals surface area contributed by atoms with Crippen molar-refractivity contribution in [3.8, 4) is 6.07 Å². The molecular weight excluding hydrogens is 347 g/mol. The van der Waals surface area contributed by atoms with Gasteiger partial charge in [0, 0.05) is 12.2 Å². The van der Waals surface area contributed by atoms with E-state index in [0.29, 0.717) is 23.0 Å². The molecule has 0 unspecified atom stereocenters. The van der Waals surface area contributed by atoms with Gasteiger partial charge in [0.05, 0.1) is 5.69 Å². The molecule has 4 nitrogen and oxygen atoms in total. The molecule has 0 fully saturated rings. The second-order valence-electron chi connectivity index (χ2n) is 5.90. The van der Waals surface area contributed by atoms with Crippen molar-refractivity contribution in [3.63, 3.8) is 0 Å². The van der Waals surface area contributed by atoms with Crippen LogP contribution in [0.5, 0.6) is 0 Å². The predicted molar refractivity (Wildman–Crippen MR) is 101 cm³/mol. The zero-order valence-corrected chi connectivity index (χ0v) is 15.1. The Balaban J connectivity index is 1.83.